The molecule has 0 atom stereocenters. The van der Waals surface area contributed by atoms with Crippen molar-refractivity contribution >= 4 is 49.9 Å². The topological polar surface area (TPSA) is 26.8 Å². The summed E-state index contributed by atoms with van der Waals surface area (Å²) in [7, 11) is 0. The highest BCUT2D eigenvalue weighted by atomic mass is 79.9. The van der Waals surface area contributed by atoms with Gasteiger partial charge in [-0.15, -0.1) is 0 Å². The molecule has 0 saturated carbocycles. The van der Waals surface area contributed by atoms with Crippen LogP contribution in [0.4, 0.5) is 0 Å². The minimum atomic E-state index is 0.158. The molecule has 0 radical (unpaired) electrons. The fraction of sp³-hybridized carbons (Fsp3) is 0.423. The maximum Gasteiger partial charge on any atom is 0.253 e. The fourth-order valence-electron chi connectivity index (χ4n) is 4.62. The molecule has 4 nitrogen and oxygen atoms in total. The number of hydrogen-bond acceptors (Lipinski definition) is 3. The molecule has 0 spiro atoms. The number of piperidine rings is 1. The van der Waals surface area contributed by atoms with E-state index < -0.39 is 0 Å². The van der Waals surface area contributed by atoms with Crippen molar-refractivity contribution in [2.45, 2.75) is 25.8 Å². The molecule has 170 valence electrons. The van der Waals surface area contributed by atoms with Crippen molar-refractivity contribution in [3.8, 4) is 0 Å². The van der Waals surface area contributed by atoms with E-state index in [2.05, 4.69) is 66.8 Å². The van der Waals surface area contributed by atoms with Crippen molar-refractivity contribution in [2.75, 3.05) is 45.8 Å². The zero-order valence-electron chi connectivity index (χ0n) is 18.6. The summed E-state index contributed by atoms with van der Waals surface area (Å²) in [6.45, 7) is 9.79. The van der Waals surface area contributed by atoms with Gasteiger partial charge in [0.15, 0.2) is 0 Å². The van der Waals surface area contributed by atoms with E-state index in [-0.39, 0.29) is 5.91 Å². The molecule has 0 bridgehead atoms. The standard InChI is InChI=1S/C26H31Br2N3O/c1-2-29-15-17-30(18-16-29)24-11-13-31(14-12-24)26(32)22-7-4-20(5-8-22)3-6-21-9-10-23(27)19-25(21)28/h3-10,19,24H,2,11-18H2,1H3/b6-3+. The number of benzene rings is 2. The van der Waals surface area contributed by atoms with Crippen molar-refractivity contribution in [1.82, 2.24) is 14.7 Å². The zero-order valence-corrected chi connectivity index (χ0v) is 21.8. The monoisotopic (exact) mass is 559 g/mol. The van der Waals surface area contributed by atoms with Gasteiger partial charge in [-0.1, -0.05) is 69.1 Å². The number of nitrogens with zero attached hydrogens (tertiary/aromatic N) is 3. The van der Waals surface area contributed by atoms with Crippen LogP contribution in [0.15, 0.2) is 51.4 Å². The van der Waals surface area contributed by atoms with E-state index in [1.165, 1.54) is 13.1 Å². The van der Waals surface area contributed by atoms with Crippen LogP contribution < -0.4 is 0 Å². The van der Waals surface area contributed by atoms with Gasteiger partial charge in [-0.3, -0.25) is 9.69 Å². The molecule has 0 aliphatic carbocycles. The predicted octanol–water partition coefficient (Wildman–Crippen LogP) is 5.62. The highest BCUT2D eigenvalue weighted by Crippen LogP contribution is 2.24. The Hall–Kier alpha value is -1.47. The van der Waals surface area contributed by atoms with Gasteiger partial charge in [-0.25, -0.2) is 0 Å². The van der Waals surface area contributed by atoms with Gasteiger partial charge in [0.25, 0.3) is 5.91 Å². The Balaban J connectivity index is 1.30. The molecule has 4 rings (SSSR count). The zero-order chi connectivity index (χ0) is 22.5. The van der Waals surface area contributed by atoms with Crippen molar-refractivity contribution in [3.05, 3.63) is 68.1 Å². The number of carbonyl (C=O) groups is 1. The van der Waals surface area contributed by atoms with Crippen LogP contribution in [0.1, 0.15) is 41.3 Å². The van der Waals surface area contributed by atoms with Crippen LogP contribution in [0.2, 0.25) is 0 Å². The number of hydrogen-bond donors (Lipinski definition) is 0. The SMILES string of the molecule is CCN1CCN(C2CCN(C(=O)c3ccc(/C=C/c4ccc(Br)cc4Br)cc3)CC2)CC1. The normalized spacial score (nSPS) is 19.0. The molecule has 2 heterocycles. The Morgan fingerprint density at radius 1 is 0.938 bits per heavy atom. The van der Waals surface area contributed by atoms with E-state index >= 15 is 0 Å². The summed E-state index contributed by atoms with van der Waals surface area (Å²) in [5.74, 6) is 0.158. The molecular formula is C26H31Br2N3O. The number of likely N-dealkylation sites (tertiary alicyclic amines) is 1. The Morgan fingerprint density at radius 3 is 2.25 bits per heavy atom. The average Bonchev–Trinajstić information content (AvgIpc) is 2.83. The molecule has 0 N–H and O–H groups in total. The number of rotatable bonds is 5. The molecule has 2 aromatic carbocycles. The number of amides is 1. The molecule has 32 heavy (non-hydrogen) atoms. The van der Waals surface area contributed by atoms with Crippen LogP contribution in [-0.4, -0.2) is 72.5 Å². The van der Waals surface area contributed by atoms with Crippen molar-refractivity contribution in [1.29, 1.82) is 0 Å². The lowest BCUT2D eigenvalue weighted by Gasteiger charge is -2.42. The lowest BCUT2D eigenvalue weighted by atomic mass is 10.0. The van der Waals surface area contributed by atoms with Crippen molar-refractivity contribution in [3.63, 3.8) is 0 Å². The summed E-state index contributed by atoms with van der Waals surface area (Å²) in [6, 6.07) is 14.7. The largest absolute Gasteiger partial charge is 0.339 e. The summed E-state index contributed by atoms with van der Waals surface area (Å²) in [5.41, 5.74) is 2.98. The molecule has 2 aromatic rings. The summed E-state index contributed by atoms with van der Waals surface area (Å²) in [4.78, 5) is 20.2. The van der Waals surface area contributed by atoms with Crippen LogP contribution in [0, 0.1) is 0 Å². The van der Waals surface area contributed by atoms with E-state index in [0.29, 0.717) is 6.04 Å². The summed E-state index contributed by atoms with van der Waals surface area (Å²) >= 11 is 7.07. The van der Waals surface area contributed by atoms with Gasteiger partial charge in [0.2, 0.25) is 0 Å². The molecule has 2 fully saturated rings. The second-order valence-corrected chi connectivity index (χ2v) is 10.4. The third kappa shape index (κ3) is 5.90. The average molecular weight is 561 g/mol. The summed E-state index contributed by atoms with van der Waals surface area (Å²) in [5, 5.41) is 0. The smallest absolute Gasteiger partial charge is 0.253 e. The van der Waals surface area contributed by atoms with Gasteiger partial charge in [0, 0.05) is 59.8 Å². The lowest BCUT2D eigenvalue weighted by Crippen LogP contribution is -2.53. The van der Waals surface area contributed by atoms with Crippen LogP contribution in [0.25, 0.3) is 12.2 Å². The third-order valence-corrected chi connectivity index (χ3v) is 7.88. The maximum absolute atomic E-state index is 13.0. The molecular weight excluding hydrogens is 530 g/mol. The van der Waals surface area contributed by atoms with E-state index in [4.69, 9.17) is 0 Å². The van der Waals surface area contributed by atoms with Gasteiger partial charge >= 0.3 is 0 Å². The fourth-order valence-corrected chi connectivity index (χ4v) is 5.80. The Morgan fingerprint density at radius 2 is 1.62 bits per heavy atom. The first-order valence-corrected chi connectivity index (χ1v) is 13.1. The Labute approximate surface area is 208 Å². The van der Waals surface area contributed by atoms with Crippen LogP contribution >= 0.6 is 31.9 Å². The molecule has 2 aliphatic rings. The Bertz CT molecular complexity index is 944. The minimum absolute atomic E-state index is 0.158. The van der Waals surface area contributed by atoms with Gasteiger partial charge in [-0.2, -0.15) is 0 Å². The van der Waals surface area contributed by atoms with E-state index in [1.807, 2.05) is 41.3 Å². The van der Waals surface area contributed by atoms with Crippen LogP contribution in [-0.2, 0) is 0 Å². The van der Waals surface area contributed by atoms with Gasteiger partial charge in [-0.05, 0) is 54.8 Å². The summed E-state index contributed by atoms with van der Waals surface area (Å²) < 4.78 is 2.10. The third-order valence-electron chi connectivity index (χ3n) is 6.70. The van der Waals surface area contributed by atoms with E-state index in [1.54, 1.807) is 0 Å². The van der Waals surface area contributed by atoms with Crippen molar-refractivity contribution < 1.29 is 4.79 Å². The van der Waals surface area contributed by atoms with Crippen molar-refractivity contribution in [2.24, 2.45) is 0 Å². The maximum atomic E-state index is 13.0. The highest BCUT2D eigenvalue weighted by molar-refractivity contribution is 9.11. The van der Waals surface area contributed by atoms with Gasteiger partial charge < -0.3 is 9.80 Å². The summed E-state index contributed by atoms with van der Waals surface area (Å²) in [6.07, 6.45) is 6.33. The lowest BCUT2D eigenvalue weighted by molar-refractivity contribution is 0.0490. The predicted molar refractivity (Wildman–Crippen MR) is 140 cm³/mol. The van der Waals surface area contributed by atoms with Gasteiger partial charge in [0.05, 0.1) is 0 Å². The second kappa shape index (κ2) is 11.1. The van der Waals surface area contributed by atoms with E-state index in [0.717, 1.165) is 71.2 Å². The highest BCUT2D eigenvalue weighted by Gasteiger charge is 2.29. The second-order valence-electron chi connectivity index (χ2n) is 8.61. The van der Waals surface area contributed by atoms with E-state index in [9.17, 15) is 4.79 Å². The first-order valence-electron chi connectivity index (χ1n) is 11.5. The first-order chi connectivity index (χ1) is 15.5. The molecule has 2 aliphatic heterocycles. The molecule has 6 heteroatoms. The molecule has 1 amide bonds. The molecule has 0 aromatic heterocycles. The molecule has 0 unspecified atom stereocenters. The van der Waals surface area contributed by atoms with Crippen LogP contribution in [0.3, 0.4) is 0 Å². The Kier molecular flexibility index (Phi) is 8.22. The van der Waals surface area contributed by atoms with Gasteiger partial charge in [0.1, 0.15) is 0 Å². The number of piperazine rings is 1. The van der Waals surface area contributed by atoms with Crippen LogP contribution in [0.5, 0.6) is 0 Å². The molecule has 2 saturated heterocycles. The quantitative estimate of drug-likeness (QED) is 0.444. The number of halogens is 2. The first kappa shape index (κ1) is 23.7. The number of carbonyl (C=O) groups excluding carboxylic acids is 1. The number of likely N-dealkylation sites (N-methyl/N-ethyl adjacent to an activating group) is 1. The minimum Gasteiger partial charge on any atom is -0.339 e.